The highest BCUT2D eigenvalue weighted by atomic mass is 16.5. The molecule has 158 valence electrons. The average Bonchev–Trinajstić information content (AvgIpc) is 3.08. The Morgan fingerprint density at radius 3 is 2.50 bits per heavy atom. The Hall–Kier alpha value is -3.42. The Balaban J connectivity index is 1.88. The predicted molar refractivity (Wildman–Crippen MR) is 112 cm³/mol. The highest BCUT2D eigenvalue weighted by Crippen LogP contribution is 2.22. The van der Waals surface area contributed by atoms with Crippen molar-refractivity contribution < 1.29 is 19.1 Å². The Morgan fingerprint density at radius 1 is 1.17 bits per heavy atom. The van der Waals surface area contributed by atoms with E-state index in [1.165, 1.54) is 6.20 Å². The van der Waals surface area contributed by atoms with E-state index in [-0.39, 0.29) is 24.4 Å². The highest BCUT2D eigenvalue weighted by Gasteiger charge is 2.23. The largest absolute Gasteiger partial charge is 0.497 e. The van der Waals surface area contributed by atoms with Crippen molar-refractivity contribution in [1.29, 1.82) is 0 Å². The Kier molecular flexibility index (Phi) is 6.34. The molecule has 0 aliphatic heterocycles. The Morgan fingerprint density at radius 2 is 1.87 bits per heavy atom. The number of nitrogens with one attached hydrogen (secondary N) is 1. The van der Waals surface area contributed by atoms with E-state index >= 15 is 0 Å². The number of nitrogens with zero attached hydrogens (tertiary/aromatic N) is 3. The zero-order valence-corrected chi connectivity index (χ0v) is 17.8. The lowest BCUT2D eigenvalue weighted by Gasteiger charge is -2.20. The molecular formula is C22H26N4O4. The summed E-state index contributed by atoms with van der Waals surface area (Å²) in [4.78, 5) is 29.7. The molecule has 0 saturated heterocycles. The van der Waals surface area contributed by atoms with Crippen LogP contribution in [0.5, 0.6) is 5.75 Å². The number of rotatable bonds is 7. The van der Waals surface area contributed by atoms with Gasteiger partial charge in [0.15, 0.2) is 5.65 Å². The number of benzene rings is 1. The first kappa shape index (κ1) is 21.3. The molecule has 0 aliphatic rings. The fourth-order valence-electron chi connectivity index (χ4n) is 3.19. The molecule has 2 heterocycles. The van der Waals surface area contributed by atoms with Gasteiger partial charge in [0.2, 0.25) is 0 Å². The molecule has 0 bridgehead atoms. The molecule has 0 aliphatic carbocycles. The van der Waals surface area contributed by atoms with E-state index in [2.05, 4.69) is 15.4 Å². The van der Waals surface area contributed by atoms with Crippen LogP contribution >= 0.6 is 0 Å². The van der Waals surface area contributed by atoms with Crippen LogP contribution in [0, 0.1) is 13.8 Å². The molecule has 30 heavy (non-hydrogen) atoms. The first-order valence-electron chi connectivity index (χ1n) is 9.74. The van der Waals surface area contributed by atoms with Crippen LogP contribution in [0.4, 0.5) is 0 Å². The Labute approximate surface area is 175 Å². The lowest BCUT2D eigenvalue weighted by Crippen LogP contribution is -2.32. The van der Waals surface area contributed by atoms with Crippen molar-refractivity contribution in [3.05, 3.63) is 59.0 Å². The second kappa shape index (κ2) is 8.94. The lowest BCUT2D eigenvalue weighted by atomic mass is 10.0. The maximum Gasteiger partial charge on any atom is 0.308 e. The second-order valence-corrected chi connectivity index (χ2v) is 7.35. The molecule has 0 fully saturated rings. The van der Waals surface area contributed by atoms with E-state index in [0.717, 1.165) is 11.3 Å². The van der Waals surface area contributed by atoms with Gasteiger partial charge in [-0.05, 0) is 45.4 Å². The number of carbonyl (C=O) groups excluding carboxylic acids is 2. The zero-order valence-electron chi connectivity index (χ0n) is 17.8. The smallest absolute Gasteiger partial charge is 0.308 e. The first-order chi connectivity index (χ1) is 14.3. The number of hydrogen-bond donors (Lipinski definition) is 1. The van der Waals surface area contributed by atoms with Gasteiger partial charge in [-0.1, -0.05) is 12.1 Å². The monoisotopic (exact) mass is 410 g/mol. The number of aromatic nitrogens is 3. The van der Waals surface area contributed by atoms with Crippen LogP contribution in [0.3, 0.4) is 0 Å². The third-order valence-electron chi connectivity index (χ3n) is 4.65. The minimum atomic E-state index is -0.566. The summed E-state index contributed by atoms with van der Waals surface area (Å²) in [6.07, 6.45) is 1.30. The standard InChI is InChI=1S/C22H26N4O4/c1-13(2)30-21(27)11-19(16-6-8-17(29-5)9-7-16)24-22(28)18-12-23-20-10-14(3)25-26(20)15(18)4/h6-10,12-13,19H,11H2,1-5H3,(H,24,28). The molecule has 8 heteroatoms. The number of amides is 1. The third-order valence-corrected chi connectivity index (χ3v) is 4.65. The number of hydrogen-bond acceptors (Lipinski definition) is 6. The van der Waals surface area contributed by atoms with Gasteiger partial charge < -0.3 is 14.8 Å². The molecule has 2 aromatic heterocycles. The maximum absolute atomic E-state index is 13.1. The average molecular weight is 410 g/mol. The van der Waals surface area contributed by atoms with Crippen LogP contribution < -0.4 is 10.1 Å². The van der Waals surface area contributed by atoms with Crippen molar-refractivity contribution in [3.8, 4) is 5.75 Å². The summed E-state index contributed by atoms with van der Waals surface area (Å²) in [6.45, 7) is 7.25. The molecule has 1 unspecified atom stereocenters. The van der Waals surface area contributed by atoms with E-state index in [9.17, 15) is 9.59 Å². The molecule has 3 aromatic rings. The summed E-state index contributed by atoms with van der Waals surface area (Å²) >= 11 is 0. The van der Waals surface area contributed by atoms with Crippen molar-refractivity contribution in [2.45, 2.75) is 46.3 Å². The van der Waals surface area contributed by atoms with Gasteiger partial charge >= 0.3 is 5.97 Å². The molecule has 1 aromatic carbocycles. The molecule has 0 radical (unpaired) electrons. The van der Waals surface area contributed by atoms with Gasteiger partial charge in [0, 0.05) is 12.3 Å². The van der Waals surface area contributed by atoms with E-state index in [4.69, 9.17) is 9.47 Å². The van der Waals surface area contributed by atoms with Crippen molar-refractivity contribution in [2.24, 2.45) is 0 Å². The van der Waals surface area contributed by atoms with Gasteiger partial charge in [-0.25, -0.2) is 9.50 Å². The fraction of sp³-hybridized carbons (Fsp3) is 0.364. The van der Waals surface area contributed by atoms with Gasteiger partial charge in [-0.2, -0.15) is 5.10 Å². The van der Waals surface area contributed by atoms with E-state index in [0.29, 0.717) is 22.7 Å². The van der Waals surface area contributed by atoms with Gasteiger partial charge in [0.25, 0.3) is 5.91 Å². The predicted octanol–water partition coefficient (Wildman–Crippen LogP) is 3.17. The number of aryl methyl sites for hydroxylation is 2. The van der Waals surface area contributed by atoms with E-state index in [1.807, 2.05) is 32.0 Å². The molecule has 1 atom stereocenters. The van der Waals surface area contributed by atoms with Crippen LogP contribution in [-0.4, -0.2) is 39.7 Å². The van der Waals surface area contributed by atoms with Crippen LogP contribution in [-0.2, 0) is 9.53 Å². The minimum absolute atomic E-state index is 0.00580. The molecule has 0 saturated carbocycles. The first-order valence-corrected chi connectivity index (χ1v) is 9.74. The van der Waals surface area contributed by atoms with Gasteiger partial charge in [-0.3, -0.25) is 9.59 Å². The number of methoxy groups -OCH3 is 1. The van der Waals surface area contributed by atoms with E-state index in [1.54, 1.807) is 37.6 Å². The summed E-state index contributed by atoms with van der Waals surface area (Å²) < 4.78 is 12.1. The summed E-state index contributed by atoms with van der Waals surface area (Å²) in [5, 5.41) is 7.32. The molecule has 8 nitrogen and oxygen atoms in total. The fourth-order valence-corrected chi connectivity index (χ4v) is 3.19. The van der Waals surface area contributed by atoms with Gasteiger partial charge in [-0.15, -0.1) is 0 Å². The molecular weight excluding hydrogens is 384 g/mol. The van der Waals surface area contributed by atoms with Crippen molar-refractivity contribution in [1.82, 2.24) is 19.9 Å². The van der Waals surface area contributed by atoms with Crippen LogP contribution in [0.15, 0.2) is 36.5 Å². The quantitative estimate of drug-likeness (QED) is 0.601. The SMILES string of the molecule is COc1ccc(C(CC(=O)OC(C)C)NC(=O)c2cnc3cc(C)nn3c2C)cc1. The highest BCUT2D eigenvalue weighted by molar-refractivity contribution is 5.95. The normalized spacial score (nSPS) is 12.1. The second-order valence-electron chi connectivity index (χ2n) is 7.35. The molecule has 1 amide bonds. The van der Waals surface area contributed by atoms with Crippen molar-refractivity contribution in [3.63, 3.8) is 0 Å². The summed E-state index contributed by atoms with van der Waals surface area (Å²) in [6, 6.07) is 8.48. The van der Waals surface area contributed by atoms with Gasteiger partial charge in [0.1, 0.15) is 5.75 Å². The van der Waals surface area contributed by atoms with E-state index < -0.39 is 6.04 Å². The van der Waals surface area contributed by atoms with Crippen LogP contribution in [0.2, 0.25) is 0 Å². The van der Waals surface area contributed by atoms with Crippen molar-refractivity contribution in [2.75, 3.05) is 7.11 Å². The number of ether oxygens (including phenoxy) is 2. The topological polar surface area (TPSA) is 94.8 Å². The summed E-state index contributed by atoms with van der Waals surface area (Å²) in [5.74, 6) is -0.0412. The summed E-state index contributed by atoms with van der Waals surface area (Å²) in [7, 11) is 1.58. The van der Waals surface area contributed by atoms with Crippen LogP contribution in [0.1, 0.15) is 53.6 Å². The maximum atomic E-state index is 13.1. The lowest BCUT2D eigenvalue weighted by molar-refractivity contribution is -0.147. The van der Waals surface area contributed by atoms with Gasteiger partial charge in [0.05, 0.1) is 42.6 Å². The summed E-state index contributed by atoms with van der Waals surface area (Å²) in [5.41, 5.74) is 3.32. The Bertz CT molecular complexity index is 1060. The molecule has 0 spiro atoms. The molecule has 1 N–H and O–H groups in total. The zero-order chi connectivity index (χ0) is 21.8. The number of carbonyl (C=O) groups is 2. The minimum Gasteiger partial charge on any atom is -0.497 e. The van der Waals surface area contributed by atoms with Crippen molar-refractivity contribution >= 4 is 17.5 Å². The third kappa shape index (κ3) is 4.76. The molecule has 3 rings (SSSR count). The number of esters is 1. The number of fused-ring (bicyclic) bond motifs is 1. The van der Waals surface area contributed by atoms with Crippen LogP contribution in [0.25, 0.3) is 5.65 Å².